The molecule has 1 saturated heterocycles. The molecular formula is C17H28N2O. The van der Waals surface area contributed by atoms with Crippen molar-refractivity contribution in [2.75, 3.05) is 32.8 Å². The number of benzene rings is 1. The summed E-state index contributed by atoms with van der Waals surface area (Å²) in [7, 11) is 0. The van der Waals surface area contributed by atoms with Crippen LogP contribution >= 0.6 is 0 Å². The fourth-order valence-corrected chi connectivity index (χ4v) is 2.82. The number of hydrogen-bond acceptors (Lipinski definition) is 3. The van der Waals surface area contributed by atoms with Gasteiger partial charge in [-0.15, -0.1) is 0 Å². The van der Waals surface area contributed by atoms with Gasteiger partial charge in [-0.05, 0) is 43.8 Å². The number of aliphatic hydroxyl groups excluding tert-OH is 1. The zero-order valence-electron chi connectivity index (χ0n) is 12.6. The summed E-state index contributed by atoms with van der Waals surface area (Å²) in [6.45, 7) is 7.06. The monoisotopic (exact) mass is 276 g/mol. The number of nitrogens with zero attached hydrogens (tertiary/aromatic N) is 1. The molecule has 3 heteroatoms. The molecule has 1 heterocycles. The lowest BCUT2D eigenvalue weighted by Gasteiger charge is -2.18. The van der Waals surface area contributed by atoms with Crippen molar-refractivity contribution in [1.29, 1.82) is 0 Å². The van der Waals surface area contributed by atoms with Crippen LogP contribution in [0.15, 0.2) is 30.3 Å². The molecule has 3 nitrogen and oxygen atoms in total. The Kier molecular flexibility index (Phi) is 6.51. The molecule has 2 unspecified atom stereocenters. The molecule has 1 aliphatic rings. The van der Waals surface area contributed by atoms with Gasteiger partial charge in [0.05, 0.1) is 0 Å². The first-order chi connectivity index (χ1) is 9.78. The summed E-state index contributed by atoms with van der Waals surface area (Å²) in [6, 6.07) is 11.4. The molecule has 0 aliphatic carbocycles. The van der Waals surface area contributed by atoms with Gasteiger partial charge in [0.2, 0.25) is 0 Å². The first kappa shape index (κ1) is 15.5. The smallest absolute Gasteiger partial charge is 0.0434 e. The highest BCUT2D eigenvalue weighted by atomic mass is 16.3. The second kappa shape index (κ2) is 8.40. The minimum atomic E-state index is 0.302. The van der Waals surface area contributed by atoms with E-state index in [4.69, 9.17) is 5.11 Å². The van der Waals surface area contributed by atoms with Gasteiger partial charge in [-0.25, -0.2) is 0 Å². The Labute approximate surface area is 123 Å². The number of likely N-dealkylation sites (tertiary alicyclic amines) is 1. The van der Waals surface area contributed by atoms with Crippen LogP contribution in [0.5, 0.6) is 0 Å². The predicted molar refractivity (Wildman–Crippen MR) is 83.9 cm³/mol. The maximum Gasteiger partial charge on any atom is 0.0434 e. The van der Waals surface area contributed by atoms with Gasteiger partial charge in [-0.2, -0.15) is 0 Å². The van der Waals surface area contributed by atoms with Gasteiger partial charge >= 0.3 is 0 Å². The summed E-state index contributed by atoms with van der Waals surface area (Å²) >= 11 is 0. The first-order valence-electron chi connectivity index (χ1n) is 7.88. The third-order valence-electron chi connectivity index (χ3n) is 4.21. The van der Waals surface area contributed by atoms with Gasteiger partial charge in [-0.1, -0.05) is 37.3 Å². The summed E-state index contributed by atoms with van der Waals surface area (Å²) in [5.41, 5.74) is 1.43. The minimum Gasteiger partial charge on any atom is -0.396 e. The molecule has 1 aromatic carbocycles. The maximum absolute atomic E-state index is 8.91. The highest BCUT2D eigenvalue weighted by molar-refractivity contribution is 5.14. The van der Waals surface area contributed by atoms with Crippen molar-refractivity contribution in [2.45, 2.75) is 32.2 Å². The summed E-state index contributed by atoms with van der Waals surface area (Å²) in [5, 5.41) is 12.6. The Balaban J connectivity index is 1.62. The van der Waals surface area contributed by atoms with Crippen LogP contribution in [0.1, 0.15) is 25.3 Å². The van der Waals surface area contributed by atoms with E-state index in [-0.39, 0.29) is 0 Å². The molecule has 2 atom stereocenters. The second-order valence-corrected chi connectivity index (χ2v) is 6.05. The molecule has 1 aromatic rings. The molecule has 112 valence electrons. The zero-order chi connectivity index (χ0) is 14.2. The van der Waals surface area contributed by atoms with E-state index >= 15 is 0 Å². The van der Waals surface area contributed by atoms with E-state index in [1.165, 1.54) is 25.1 Å². The lowest BCUT2D eigenvalue weighted by Crippen LogP contribution is -2.35. The maximum atomic E-state index is 8.91. The third kappa shape index (κ3) is 5.23. The number of rotatable bonds is 8. The van der Waals surface area contributed by atoms with E-state index in [1.807, 2.05) is 0 Å². The Morgan fingerprint density at radius 3 is 2.90 bits per heavy atom. The van der Waals surface area contributed by atoms with E-state index in [0.717, 1.165) is 25.9 Å². The lowest BCUT2D eigenvalue weighted by molar-refractivity contribution is 0.257. The van der Waals surface area contributed by atoms with Gasteiger partial charge in [-0.3, -0.25) is 0 Å². The van der Waals surface area contributed by atoms with E-state index in [0.29, 0.717) is 18.6 Å². The van der Waals surface area contributed by atoms with Crippen LogP contribution < -0.4 is 5.32 Å². The minimum absolute atomic E-state index is 0.302. The highest BCUT2D eigenvalue weighted by Crippen LogP contribution is 2.11. The molecule has 0 spiro atoms. The molecule has 2 N–H and O–H groups in total. The van der Waals surface area contributed by atoms with Crippen molar-refractivity contribution < 1.29 is 5.11 Å². The molecule has 20 heavy (non-hydrogen) atoms. The largest absolute Gasteiger partial charge is 0.396 e. The Bertz CT molecular complexity index is 369. The molecule has 0 aromatic heterocycles. The molecule has 0 amide bonds. The Morgan fingerprint density at radius 2 is 2.15 bits per heavy atom. The number of hydrogen-bond donors (Lipinski definition) is 2. The molecule has 0 bridgehead atoms. The van der Waals surface area contributed by atoms with Crippen molar-refractivity contribution in [3.8, 4) is 0 Å². The van der Waals surface area contributed by atoms with Crippen LogP contribution in [0.25, 0.3) is 0 Å². The summed E-state index contributed by atoms with van der Waals surface area (Å²) in [6.07, 6.45) is 3.30. The predicted octanol–water partition coefficient (Wildman–Crippen LogP) is 1.91. The topological polar surface area (TPSA) is 35.5 Å². The fraction of sp³-hybridized carbons (Fsp3) is 0.647. The standard InChI is InChI=1S/C17H28N2O/c1-15(9-12-20)13-18-17-8-11-19(14-17)10-7-16-5-3-2-4-6-16/h2-6,15,17-18,20H,7-14H2,1H3. The third-order valence-corrected chi connectivity index (χ3v) is 4.21. The van der Waals surface area contributed by atoms with Crippen LogP contribution in [-0.2, 0) is 6.42 Å². The Morgan fingerprint density at radius 1 is 1.35 bits per heavy atom. The van der Waals surface area contributed by atoms with E-state index < -0.39 is 0 Å². The van der Waals surface area contributed by atoms with Crippen LogP contribution in [0.4, 0.5) is 0 Å². The normalized spacial score (nSPS) is 21.2. The van der Waals surface area contributed by atoms with E-state index in [9.17, 15) is 0 Å². The van der Waals surface area contributed by atoms with Crippen LogP contribution in [0.3, 0.4) is 0 Å². The second-order valence-electron chi connectivity index (χ2n) is 6.05. The van der Waals surface area contributed by atoms with E-state index in [1.54, 1.807) is 0 Å². The van der Waals surface area contributed by atoms with Crippen molar-refractivity contribution >= 4 is 0 Å². The lowest BCUT2D eigenvalue weighted by atomic mass is 10.1. The van der Waals surface area contributed by atoms with Gasteiger partial charge in [0, 0.05) is 25.7 Å². The molecule has 0 radical (unpaired) electrons. The van der Waals surface area contributed by atoms with Crippen LogP contribution in [-0.4, -0.2) is 48.8 Å². The average molecular weight is 276 g/mol. The fourth-order valence-electron chi connectivity index (χ4n) is 2.82. The number of aliphatic hydroxyl groups is 1. The van der Waals surface area contributed by atoms with E-state index in [2.05, 4.69) is 47.5 Å². The van der Waals surface area contributed by atoms with Crippen LogP contribution in [0, 0.1) is 5.92 Å². The molecule has 0 saturated carbocycles. The zero-order valence-corrected chi connectivity index (χ0v) is 12.6. The van der Waals surface area contributed by atoms with Crippen molar-refractivity contribution in [2.24, 2.45) is 5.92 Å². The van der Waals surface area contributed by atoms with Gasteiger partial charge in [0.1, 0.15) is 0 Å². The summed E-state index contributed by atoms with van der Waals surface area (Å²) < 4.78 is 0. The van der Waals surface area contributed by atoms with Gasteiger partial charge < -0.3 is 15.3 Å². The average Bonchev–Trinajstić information content (AvgIpc) is 2.92. The van der Waals surface area contributed by atoms with Gasteiger partial charge in [0.15, 0.2) is 0 Å². The van der Waals surface area contributed by atoms with Gasteiger partial charge in [0.25, 0.3) is 0 Å². The van der Waals surface area contributed by atoms with Crippen molar-refractivity contribution in [1.82, 2.24) is 10.2 Å². The molecular weight excluding hydrogens is 248 g/mol. The van der Waals surface area contributed by atoms with Crippen molar-refractivity contribution in [3.63, 3.8) is 0 Å². The molecule has 2 rings (SSSR count). The molecule has 1 fully saturated rings. The van der Waals surface area contributed by atoms with Crippen LogP contribution in [0.2, 0.25) is 0 Å². The number of nitrogens with one attached hydrogen (secondary N) is 1. The SMILES string of the molecule is CC(CCO)CNC1CCN(CCc2ccccc2)C1. The summed E-state index contributed by atoms with van der Waals surface area (Å²) in [5.74, 6) is 0.568. The quantitative estimate of drug-likeness (QED) is 0.761. The van der Waals surface area contributed by atoms with Crippen molar-refractivity contribution in [3.05, 3.63) is 35.9 Å². The molecule has 1 aliphatic heterocycles. The highest BCUT2D eigenvalue weighted by Gasteiger charge is 2.21. The Hall–Kier alpha value is -0.900. The first-order valence-corrected chi connectivity index (χ1v) is 7.88. The summed E-state index contributed by atoms with van der Waals surface area (Å²) in [4.78, 5) is 2.56.